The average molecular weight is 428 g/mol. The SMILES string of the molecule is CCOc1cc(/C=C(\C#N)C(=O)N[C@H]2CCCC[C@@H]2C)ccc1O[C@H](C)C(=O)N(C)C. The number of hydrogen-bond acceptors (Lipinski definition) is 5. The van der Waals surface area contributed by atoms with E-state index in [4.69, 9.17) is 9.47 Å². The maximum Gasteiger partial charge on any atom is 0.262 e. The molecule has 0 spiro atoms. The molecule has 1 aromatic rings. The molecule has 31 heavy (non-hydrogen) atoms. The van der Waals surface area contributed by atoms with Crippen molar-refractivity contribution >= 4 is 17.9 Å². The van der Waals surface area contributed by atoms with Crippen LogP contribution in [0.15, 0.2) is 23.8 Å². The minimum Gasteiger partial charge on any atom is -0.490 e. The highest BCUT2D eigenvalue weighted by Gasteiger charge is 2.24. The highest BCUT2D eigenvalue weighted by molar-refractivity contribution is 6.01. The van der Waals surface area contributed by atoms with Gasteiger partial charge in [0.25, 0.3) is 11.8 Å². The van der Waals surface area contributed by atoms with Gasteiger partial charge in [-0.15, -0.1) is 0 Å². The van der Waals surface area contributed by atoms with E-state index in [-0.39, 0.29) is 23.4 Å². The molecule has 0 aromatic heterocycles. The zero-order valence-electron chi connectivity index (χ0n) is 19.1. The quantitative estimate of drug-likeness (QED) is 0.506. The minimum atomic E-state index is -0.673. The fourth-order valence-corrected chi connectivity index (χ4v) is 3.68. The van der Waals surface area contributed by atoms with Gasteiger partial charge in [0.05, 0.1) is 6.61 Å². The lowest BCUT2D eigenvalue weighted by molar-refractivity contribution is -0.135. The van der Waals surface area contributed by atoms with E-state index in [1.165, 1.54) is 11.3 Å². The number of carbonyl (C=O) groups excluding carboxylic acids is 2. The van der Waals surface area contributed by atoms with Crippen molar-refractivity contribution in [2.45, 2.75) is 58.6 Å². The minimum absolute atomic E-state index is 0.0463. The molecule has 1 saturated carbocycles. The number of hydrogen-bond donors (Lipinski definition) is 1. The lowest BCUT2D eigenvalue weighted by atomic mass is 9.86. The maximum absolute atomic E-state index is 12.7. The summed E-state index contributed by atoms with van der Waals surface area (Å²) in [6, 6.07) is 7.24. The van der Waals surface area contributed by atoms with Crippen LogP contribution in [0, 0.1) is 17.2 Å². The molecular formula is C24H33N3O4. The first-order valence-corrected chi connectivity index (χ1v) is 10.8. The zero-order valence-corrected chi connectivity index (χ0v) is 19.1. The molecule has 2 rings (SSSR count). The van der Waals surface area contributed by atoms with Gasteiger partial charge in [0.2, 0.25) is 0 Å². The van der Waals surface area contributed by atoms with Gasteiger partial charge in [-0.05, 0) is 56.4 Å². The van der Waals surface area contributed by atoms with E-state index < -0.39 is 6.10 Å². The molecule has 0 unspecified atom stereocenters. The van der Waals surface area contributed by atoms with Crippen molar-refractivity contribution in [2.24, 2.45) is 5.92 Å². The van der Waals surface area contributed by atoms with Gasteiger partial charge in [-0.3, -0.25) is 9.59 Å². The van der Waals surface area contributed by atoms with Gasteiger partial charge in [0.15, 0.2) is 17.6 Å². The summed E-state index contributed by atoms with van der Waals surface area (Å²) in [7, 11) is 3.34. The number of carbonyl (C=O) groups is 2. The summed E-state index contributed by atoms with van der Waals surface area (Å²) in [5, 5.41) is 12.5. The van der Waals surface area contributed by atoms with Gasteiger partial charge >= 0.3 is 0 Å². The normalized spacial score (nSPS) is 19.7. The predicted octanol–water partition coefficient (Wildman–Crippen LogP) is 3.54. The summed E-state index contributed by atoms with van der Waals surface area (Å²) in [5.41, 5.74) is 0.691. The van der Waals surface area contributed by atoms with Crippen molar-refractivity contribution in [3.8, 4) is 17.6 Å². The van der Waals surface area contributed by atoms with Gasteiger partial charge in [0, 0.05) is 20.1 Å². The van der Waals surface area contributed by atoms with E-state index in [1.54, 1.807) is 45.3 Å². The number of rotatable bonds is 8. The third-order valence-electron chi connectivity index (χ3n) is 5.46. The molecule has 0 saturated heterocycles. The van der Waals surface area contributed by atoms with Gasteiger partial charge in [-0.25, -0.2) is 0 Å². The Kier molecular flexibility index (Phi) is 8.92. The van der Waals surface area contributed by atoms with Crippen LogP contribution in [0.3, 0.4) is 0 Å². The van der Waals surface area contributed by atoms with Crippen LogP contribution < -0.4 is 14.8 Å². The number of nitrogens with zero attached hydrogens (tertiary/aromatic N) is 2. The van der Waals surface area contributed by atoms with E-state index in [2.05, 4.69) is 12.2 Å². The third-order valence-corrected chi connectivity index (χ3v) is 5.46. The van der Waals surface area contributed by atoms with Gasteiger partial charge < -0.3 is 19.7 Å². The second-order valence-corrected chi connectivity index (χ2v) is 8.14. The van der Waals surface area contributed by atoms with Crippen LogP contribution in [0.2, 0.25) is 0 Å². The zero-order chi connectivity index (χ0) is 23.0. The summed E-state index contributed by atoms with van der Waals surface area (Å²) < 4.78 is 11.5. The summed E-state index contributed by atoms with van der Waals surface area (Å²) in [5.74, 6) is 0.774. The highest BCUT2D eigenvalue weighted by atomic mass is 16.5. The van der Waals surface area contributed by atoms with E-state index in [0.29, 0.717) is 29.6 Å². The Labute approximate surface area is 185 Å². The molecule has 0 heterocycles. The van der Waals surface area contributed by atoms with Crippen LogP contribution in [0.1, 0.15) is 52.0 Å². The first-order valence-electron chi connectivity index (χ1n) is 10.8. The van der Waals surface area contributed by atoms with Crippen molar-refractivity contribution in [1.82, 2.24) is 10.2 Å². The van der Waals surface area contributed by atoms with Crippen LogP contribution >= 0.6 is 0 Å². The summed E-state index contributed by atoms with van der Waals surface area (Å²) >= 11 is 0. The third kappa shape index (κ3) is 6.74. The fraction of sp³-hybridized carbons (Fsp3) is 0.542. The number of benzene rings is 1. The molecule has 1 N–H and O–H groups in total. The van der Waals surface area contributed by atoms with E-state index in [0.717, 1.165) is 19.3 Å². The Bertz CT molecular complexity index is 857. The monoisotopic (exact) mass is 427 g/mol. The number of likely N-dealkylation sites (N-methyl/N-ethyl adjacent to an activating group) is 1. The van der Waals surface area contributed by atoms with Crippen LogP contribution in [0.25, 0.3) is 6.08 Å². The molecule has 1 fully saturated rings. The van der Waals surface area contributed by atoms with Gasteiger partial charge in [0.1, 0.15) is 11.6 Å². The Morgan fingerprint density at radius 2 is 2.00 bits per heavy atom. The molecule has 3 atom stereocenters. The predicted molar refractivity (Wildman–Crippen MR) is 120 cm³/mol. The van der Waals surface area contributed by atoms with E-state index >= 15 is 0 Å². The molecule has 1 aliphatic rings. The molecule has 1 aromatic carbocycles. The average Bonchev–Trinajstić information content (AvgIpc) is 2.74. The van der Waals surface area contributed by atoms with Gasteiger partial charge in [-0.1, -0.05) is 25.8 Å². The Morgan fingerprint density at radius 1 is 1.29 bits per heavy atom. The molecule has 1 aliphatic carbocycles. The van der Waals surface area contributed by atoms with Crippen molar-refractivity contribution in [3.05, 3.63) is 29.3 Å². The second kappa shape index (κ2) is 11.4. The largest absolute Gasteiger partial charge is 0.490 e. The maximum atomic E-state index is 12.7. The molecule has 7 heteroatoms. The lowest BCUT2D eigenvalue weighted by Gasteiger charge is -2.29. The van der Waals surface area contributed by atoms with Crippen molar-refractivity contribution in [1.29, 1.82) is 5.26 Å². The molecule has 0 radical (unpaired) electrons. The number of amides is 2. The Morgan fingerprint density at radius 3 is 2.61 bits per heavy atom. The topological polar surface area (TPSA) is 91.7 Å². The van der Waals surface area contributed by atoms with Crippen LogP contribution in [-0.2, 0) is 9.59 Å². The fourth-order valence-electron chi connectivity index (χ4n) is 3.68. The summed E-state index contributed by atoms with van der Waals surface area (Å²) in [6.45, 7) is 6.07. The molecule has 0 aliphatic heterocycles. The number of nitrogens with one attached hydrogen (secondary N) is 1. The van der Waals surface area contributed by atoms with E-state index in [9.17, 15) is 14.9 Å². The molecular weight excluding hydrogens is 394 g/mol. The highest BCUT2D eigenvalue weighted by Crippen LogP contribution is 2.30. The summed E-state index contributed by atoms with van der Waals surface area (Å²) in [4.78, 5) is 26.2. The van der Waals surface area contributed by atoms with Crippen molar-refractivity contribution in [3.63, 3.8) is 0 Å². The molecule has 2 amide bonds. The van der Waals surface area contributed by atoms with E-state index in [1.807, 2.05) is 13.0 Å². The van der Waals surface area contributed by atoms with Crippen LogP contribution in [0.4, 0.5) is 0 Å². The lowest BCUT2D eigenvalue weighted by Crippen LogP contribution is -2.41. The number of ether oxygens (including phenoxy) is 2. The first-order chi connectivity index (χ1) is 14.8. The smallest absolute Gasteiger partial charge is 0.262 e. The molecule has 0 bridgehead atoms. The number of nitriles is 1. The van der Waals surface area contributed by atoms with Gasteiger partial charge in [-0.2, -0.15) is 5.26 Å². The standard InChI is InChI=1S/C24H33N3O4/c1-6-30-22-14-18(11-12-21(22)31-17(3)24(29)27(4)5)13-19(15-25)23(28)26-20-10-8-7-9-16(20)2/h11-14,16-17,20H,6-10H2,1-5H3,(H,26,28)/b19-13+/t16-,17+,20-/m0/s1. The molecule has 168 valence electrons. The van der Waals surface area contributed by atoms with Crippen molar-refractivity contribution < 1.29 is 19.1 Å². The Balaban J connectivity index is 2.20. The van der Waals surface area contributed by atoms with Crippen LogP contribution in [0.5, 0.6) is 11.5 Å². The summed E-state index contributed by atoms with van der Waals surface area (Å²) in [6.07, 6.45) is 5.18. The Hall–Kier alpha value is -3.01. The first kappa shape index (κ1) is 24.3. The van der Waals surface area contributed by atoms with Crippen molar-refractivity contribution in [2.75, 3.05) is 20.7 Å². The molecule has 7 nitrogen and oxygen atoms in total. The second-order valence-electron chi connectivity index (χ2n) is 8.14. The van der Waals surface area contributed by atoms with Crippen LogP contribution in [-0.4, -0.2) is 49.6 Å².